The molecular formula is C32H38N6. The predicted molar refractivity (Wildman–Crippen MR) is 162 cm³/mol. The Morgan fingerprint density at radius 1 is 0.684 bits per heavy atom. The van der Waals surface area contributed by atoms with Crippen LogP contribution in [-0.4, -0.2) is 82.4 Å². The summed E-state index contributed by atoms with van der Waals surface area (Å²) in [5.74, 6) is 0. The Morgan fingerprint density at radius 3 is 1.95 bits per heavy atom. The Kier molecular flexibility index (Phi) is 7.06. The Balaban J connectivity index is 1.10. The largest absolute Gasteiger partial charge is 0.369 e. The number of aromatic nitrogens is 1. The molecule has 2 fully saturated rings. The standard InChI is InChI=1S/C32H38N6/c1-34-17-19-36(20-18-34)29-9-4-26(5-10-29)3-8-28-11-6-27-7-12-31(25-32(27)35(28)2)38-23-21-37(22-24-38)30-13-15-33-16-14-30/h3-16,25,28H,17-24H2,1-2H3. The van der Waals surface area contributed by atoms with Gasteiger partial charge in [-0.25, -0.2) is 0 Å². The summed E-state index contributed by atoms with van der Waals surface area (Å²) in [5, 5.41) is 0. The van der Waals surface area contributed by atoms with Crippen LogP contribution in [0.4, 0.5) is 22.7 Å². The van der Waals surface area contributed by atoms with Crippen molar-refractivity contribution in [2.45, 2.75) is 6.04 Å². The summed E-state index contributed by atoms with van der Waals surface area (Å²) in [6.45, 7) is 8.56. The molecule has 0 N–H and O–H groups in total. The Hall–Kier alpha value is -3.77. The van der Waals surface area contributed by atoms with Gasteiger partial charge in [-0.3, -0.25) is 4.98 Å². The van der Waals surface area contributed by atoms with Crippen LogP contribution >= 0.6 is 0 Å². The van der Waals surface area contributed by atoms with E-state index in [1.165, 1.54) is 33.9 Å². The molecule has 0 amide bonds. The Labute approximate surface area is 227 Å². The fourth-order valence-corrected chi connectivity index (χ4v) is 5.71. The van der Waals surface area contributed by atoms with Gasteiger partial charge in [-0.15, -0.1) is 0 Å². The third kappa shape index (κ3) is 5.27. The van der Waals surface area contributed by atoms with Crippen molar-refractivity contribution in [1.29, 1.82) is 0 Å². The fraction of sp³-hybridized carbons (Fsp3) is 0.344. The minimum absolute atomic E-state index is 0.235. The molecule has 1 atom stereocenters. The van der Waals surface area contributed by atoms with Gasteiger partial charge in [0.2, 0.25) is 0 Å². The normalized spacial score (nSPS) is 20.3. The number of fused-ring (bicyclic) bond motifs is 1. The molecule has 6 rings (SSSR count). The molecule has 196 valence electrons. The SMILES string of the molecule is CN1CCN(c2ccc(C=CC3C=Cc4ccc(N5CCN(c6ccncc6)CC5)cc4N3C)cc2)CC1. The second kappa shape index (κ2) is 10.9. The van der Waals surface area contributed by atoms with Gasteiger partial charge in [0.25, 0.3) is 0 Å². The van der Waals surface area contributed by atoms with Crippen molar-refractivity contribution < 1.29 is 0 Å². The van der Waals surface area contributed by atoms with Gasteiger partial charge in [-0.05, 0) is 54.6 Å². The molecule has 4 heterocycles. The molecule has 2 saturated heterocycles. The van der Waals surface area contributed by atoms with Gasteiger partial charge < -0.3 is 24.5 Å². The summed E-state index contributed by atoms with van der Waals surface area (Å²) in [5.41, 5.74) is 7.72. The summed E-state index contributed by atoms with van der Waals surface area (Å²) < 4.78 is 0. The summed E-state index contributed by atoms with van der Waals surface area (Å²) in [6, 6.07) is 20.4. The first kappa shape index (κ1) is 24.6. The molecule has 6 heteroatoms. The van der Waals surface area contributed by atoms with Gasteiger partial charge in [0.1, 0.15) is 0 Å². The highest BCUT2D eigenvalue weighted by Gasteiger charge is 2.22. The zero-order chi connectivity index (χ0) is 25.9. The highest BCUT2D eigenvalue weighted by atomic mass is 15.3. The van der Waals surface area contributed by atoms with Crippen LogP contribution in [0.3, 0.4) is 0 Å². The van der Waals surface area contributed by atoms with Crippen LogP contribution in [0.15, 0.2) is 79.1 Å². The molecule has 6 nitrogen and oxygen atoms in total. The maximum absolute atomic E-state index is 4.16. The number of hydrogen-bond donors (Lipinski definition) is 0. The van der Waals surface area contributed by atoms with Gasteiger partial charge in [-0.2, -0.15) is 0 Å². The van der Waals surface area contributed by atoms with Crippen LogP contribution in [0.5, 0.6) is 0 Å². The zero-order valence-corrected chi connectivity index (χ0v) is 22.6. The molecule has 38 heavy (non-hydrogen) atoms. The van der Waals surface area contributed by atoms with Crippen LogP contribution in [0.25, 0.3) is 12.2 Å². The molecule has 0 saturated carbocycles. The number of hydrogen-bond acceptors (Lipinski definition) is 6. The molecule has 1 aromatic heterocycles. The molecule has 0 radical (unpaired) electrons. The van der Waals surface area contributed by atoms with E-state index in [-0.39, 0.29) is 6.04 Å². The van der Waals surface area contributed by atoms with Gasteiger partial charge in [0, 0.05) is 94.5 Å². The number of anilines is 4. The number of pyridine rings is 1. The first-order valence-corrected chi connectivity index (χ1v) is 13.8. The van der Waals surface area contributed by atoms with E-state index in [0.29, 0.717) is 0 Å². The van der Waals surface area contributed by atoms with Crippen molar-refractivity contribution >= 4 is 34.9 Å². The molecule has 2 aromatic carbocycles. The third-order valence-electron chi connectivity index (χ3n) is 8.23. The predicted octanol–water partition coefficient (Wildman–Crippen LogP) is 4.71. The minimum atomic E-state index is 0.235. The minimum Gasteiger partial charge on any atom is -0.369 e. The van der Waals surface area contributed by atoms with Crippen LogP contribution in [0.1, 0.15) is 11.1 Å². The number of nitrogens with zero attached hydrogens (tertiary/aromatic N) is 6. The van der Waals surface area contributed by atoms with Gasteiger partial charge >= 0.3 is 0 Å². The first-order valence-electron chi connectivity index (χ1n) is 13.8. The average Bonchev–Trinajstić information content (AvgIpc) is 2.98. The van der Waals surface area contributed by atoms with E-state index in [1.807, 2.05) is 12.4 Å². The van der Waals surface area contributed by atoms with Crippen molar-refractivity contribution in [3.05, 3.63) is 90.3 Å². The van der Waals surface area contributed by atoms with Gasteiger partial charge in [0.05, 0.1) is 6.04 Å². The Morgan fingerprint density at radius 2 is 1.26 bits per heavy atom. The third-order valence-corrected chi connectivity index (χ3v) is 8.23. The van der Waals surface area contributed by atoms with E-state index in [4.69, 9.17) is 0 Å². The van der Waals surface area contributed by atoms with Crippen LogP contribution < -0.4 is 19.6 Å². The smallest absolute Gasteiger partial charge is 0.0660 e. The lowest BCUT2D eigenvalue weighted by Crippen LogP contribution is -2.46. The molecule has 3 aliphatic heterocycles. The van der Waals surface area contributed by atoms with Crippen LogP contribution in [0.2, 0.25) is 0 Å². The molecular weight excluding hydrogens is 468 g/mol. The molecule has 0 aliphatic carbocycles. The maximum atomic E-state index is 4.16. The summed E-state index contributed by atoms with van der Waals surface area (Å²) >= 11 is 0. The van der Waals surface area contributed by atoms with Crippen molar-refractivity contribution in [1.82, 2.24) is 9.88 Å². The Bertz CT molecular complexity index is 1270. The number of rotatable bonds is 5. The van der Waals surface area contributed by atoms with Crippen molar-refractivity contribution in [2.24, 2.45) is 0 Å². The summed E-state index contributed by atoms with van der Waals surface area (Å²) in [7, 11) is 4.41. The average molecular weight is 507 g/mol. The molecule has 3 aromatic rings. The number of benzene rings is 2. The topological polar surface area (TPSA) is 29.1 Å². The summed E-state index contributed by atoms with van der Waals surface area (Å²) in [6.07, 6.45) is 12.9. The molecule has 3 aliphatic rings. The van der Waals surface area contributed by atoms with Crippen molar-refractivity contribution in [2.75, 3.05) is 86.1 Å². The van der Waals surface area contributed by atoms with E-state index < -0.39 is 0 Å². The zero-order valence-electron chi connectivity index (χ0n) is 22.6. The summed E-state index contributed by atoms with van der Waals surface area (Å²) in [4.78, 5) is 16.4. The lowest BCUT2D eigenvalue weighted by molar-refractivity contribution is 0.313. The van der Waals surface area contributed by atoms with Crippen LogP contribution in [-0.2, 0) is 0 Å². The molecule has 1 unspecified atom stereocenters. The van der Waals surface area contributed by atoms with Crippen molar-refractivity contribution in [3.8, 4) is 0 Å². The quantitative estimate of drug-likeness (QED) is 0.498. The van der Waals surface area contributed by atoms with Gasteiger partial charge in [-0.1, -0.05) is 42.5 Å². The van der Waals surface area contributed by atoms with E-state index >= 15 is 0 Å². The molecule has 0 bridgehead atoms. The highest BCUT2D eigenvalue weighted by Crippen LogP contribution is 2.33. The fourth-order valence-electron chi connectivity index (χ4n) is 5.71. The van der Waals surface area contributed by atoms with E-state index in [9.17, 15) is 0 Å². The number of likely N-dealkylation sites (N-methyl/N-ethyl adjacent to an activating group) is 2. The molecule has 0 spiro atoms. The van der Waals surface area contributed by atoms with Crippen molar-refractivity contribution in [3.63, 3.8) is 0 Å². The first-order chi connectivity index (χ1) is 18.6. The monoisotopic (exact) mass is 506 g/mol. The van der Waals surface area contributed by atoms with E-state index in [2.05, 4.69) is 122 Å². The highest BCUT2D eigenvalue weighted by molar-refractivity contribution is 5.77. The van der Waals surface area contributed by atoms with Crippen LogP contribution in [0, 0.1) is 0 Å². The second-order valence-corrected chi connectivity index (χ2v) is 10.6. The maximum Gasteiger partial charge on any atom is 0.0660 e. The van der Waals surface area contributed by atoms with E-state index in [0.717, 1.165) is 52.4 Å². The van der Waals surface area contributed by atoms with E-state index in [1.54, 1.807) is 0 Å². The number of piperazine rings is 2. The lowest BCUT2D eigenvalue weighted by Gasteiger charge is -2.38. The lowest BCUT2D eigenvalue weighted by atomic mass is 10.0. The second-order valence-electron chi connectivity index (χ2n) is 10.6. The van der Waals surface area contributed by atoms with Gasteiger partial charge in [0.15, 0.2) is 0 Å².